The molecule has 1 fully saturated rings. The minimum absolute atomic E-state index is 0.294. The number of rotatable bonds is 7. The lowest BCUT2D eigenvalue weighted by Crippen LogP contribution is -2.08. The number of benzene rings is 1. The number of carbonyl (C=O) groups is 1. The van der Waals surface area contributed by atoms with E-state index in [1.807, 2.05) is 0 Å². The van der Waals surface area contributed by atoms with Crippen molar-refractivity contribution in [3.8, 4) is 5.75 Å². The van der Waals surface area contributed by atoms with Crippen molar-refractivity contribution >= 4 is 11.7 Å². The lowest BCUT2D eigenvalue weighted by Gasteiger charge is -2.11. The van der Waals surface area contributed by atoms with Crippen LogP contribution in [0.15, 0.2) is 18.2 Å². The van der Waals surface area contributed by atoms with Crippen LogP contribution >= 0.6 is 0 Å². The van der Waals surface area contributed by atoms with Gasteiger partial charge in [0.15, 0.2) is 0 Å². The van der Waals surface area contributed by atoms with Crippen LogP contribution in [-0.4, -0.2) is 24.7 Å². The van der Waals surface area contributed by atoms with E-state index in [4.69, 9.17) is 9.84 Å². The SMILES string of the molecule is COc1ccc(C(=O)O)c(NCCCC2CC2)c1. The third-order valence-corrected chi connectivity index (χ3v) is 3.26. The zero-order valence-corrected chi connectivity index (χ0v) is 10.6. The average molecular weight is 249 g/mol. The van der Waals surface area contributed by atoms with E-state index in [0.717, 1.165) is 18.9 Å². The van der Waals surface area contributed by atoms with Gasteiger partial charge < -0.3 is 15.2 Å². The molecular formula is C14H19NO3. The first-order chi connectivity index (χ1) is 8.70. The second-order valence-corrected chi connectivity index (χ2v) is 4.73. The molecule has 0 radical (unpaired) electrons. The fourth-order valence-electron chi connectivity index (χ4n) is 2.00. The van der Waals surface area contributed by atoms with Crippen LogP contribution in [0.2, 0.25) is 0 Å². The van der Waals surface area contributed by atoms with Crippen LogP contribution in [0.4, 0.5) is 5.69 Å². The summed E-state index contributed by atoms with van der Waals surface area (Å²) in [4.78, 5) is 11.1. The van der Waals surface area contributed by atoms with Crippen molar-refractivity contribution in [1.82, 2.24) is 0 Å². The molecule has 0 atom stereocenters. The van der Waals surface area contributed by atoms with Crippen molar-refractivity contribution in [2.75, 3.05) is 19.0 Å². The molecule has 0 bridgehead atoms. The van der Waals surface area contributed by atoms with Gasteiger partial charge in [0, 0.05) is 12.6 Å². The van der Waals surface area contributed by atoms with Gasteiger partial charge in [-0.05, 0) is 30.9 Å². The first-order valence-electron chi connectivity index (χ1n) is 6.36. The van der Waals surface area contributed by atoms with E-state index in [1.54, 1.807) is 25.3 Å². The molecule has 0 unspecified atom stereocenters. The van der Waals surface area contributed by atoms with Crippen molar-refractivity contribution in [2.45, 2.75) is 25.7 Å². The lowest BCUT2D eigenvalue weighted by molar-refractivity contribution is 0.0698. The fourth-order valence-corrected chi connectivity index (χ4v) is 2.00. The van der Waals surface area contributed by atoms with Crippen molar-refractivity contribution in [3.05, 3.63) is 23.8 Å². The molecule has 0 spiro atoms. The molecule has 1 aromatic carbocycles. The molecule has 2 rings (SSSR count). The number of methoxy groups -OCH3 is 1. The predicted molar refractivity (Wildman–Crippen MR) is 70.4 cm³/mol. The predicted octanol–water partition coefficient (Wildman–Crippen LogP) is 3.00. The van der Waals surface area contributed by atoms with E-state index in [0.29, 0.717) is 17.0 Å². The Morgan fingerprint density at radius 3 is 2.89 bits per heavy atom. The highest BCUT2D eigenvalue weighted by molar-refractivity contribution is 5.94. The molecule has 4 nitrogen and oxygen atoms in total. The number of carboxylic acids is 1. The minimum Gasteiger partial charge on any atom is -0.497 e. The molecule has 18 heavy (non-hydrogen) atoms. The van der Waals surface area contributed by atoms with E-state index in [9.17, 15) is 4.79 Å². The molecule has 1 aromatic rings. The van der Waals surface area contributed by atoms with Gasteiger partial charge in [-0.25, -0.2) is 4.79 Å². The topological polar surface area (TPSA) is 58.6 Å². The molecule has 0 saturated heterocycles. The highest BCUT2D eigenvalue weighted by atomic mass is 16.5. The second-order valence-electron chi connectivity index (χ2n) is 4.73. The third kappa shape index (κ3) is 3.39. The van der Waals surface area contributed by atoms with E-state index >= 15 is 0 Å². The summed E-state index contributed by atoms with van der Waals surface area (Å²) in [5, 5.41) is 12.3. The first-order valence-corrected chi connectivity index (χ1v) is 6.36. The Kier molecular flexibility index (Phi) is 4.07. The molecule has 1 aliphatic carbocycles. The number of ether oxygens (including phenoxy) is 1. The van der Waals surface area contributed by atoms with Gasteiger partial charge in [-0.2, -0.15) is 0 Å². The zero-order valence-electron chi connectivity index (χ0n) is 10.6. The van der Waals surface area contributed by atoms with Crippen LogP contribution in [0.1, 0.15) is 36.0 Å². The van der Waals surface area contributed by atoms with Crippen molar-refractivity contribution in [2.24, 2.45) is 5.92 Å². The Balaban J connectivity index is 1.95. The van der Waals surface area contributed by atoms with Gasteiger partial charge in [-0.3, -0.25) is 0 Å². The van der Waals surface area contributed by atoms with Crippen molar-refractivity contribution in [3.63, 3.8) is 0 Å². The summed E-state index contributed by atoms with van der Waals surface area (Å²) in [6.07, 6.45) is 5.04. The first kappa shape index (κ1) is 12.7. The van der Waals surface area contributed by atoms with Crippen LogP contribution in [0.3, 0.4) is 0 Å². The molecule has 1 aliphatic rings. The van der Waals surface area contributed by atoms with Crippen molar-refractivity contribution < 1.29 is 14.6 Å². The molecule has 0 aliphatic heterocycles. The minimum atomic E-state index is -0.914. The Hall–Kier alpha value is -1.71. The van der Waals surface area contributed by atoms with E-state index < -0.39 is 5.97 Å². The Morgan fingerprint density at radius 1 is 1.50 bits per heavy atom. The molecule has 4 heteroatoms. The molecule has 98 valence electrons. The molecule has 0 heterocycles. The molecule has 0 amide bonds. The quantitative estimate of drug-likeness (QED) is 0.729. The van der Waals surface area contributed by atoms with E-state index in [-0.39, 0.29) is 0 Å². The largest absolute Gasteiger partial charge is 0.497 e. The second kappa shape index (κ2) is 5.76. The lowest BCUT2D eigenvalue weighted by atomic mass is 10.1. The smallest absolute Gasteiger partial charge is 0.337 e. The van der Waals surface area contributed by atoms with Gasteiger partial charge in [0.25, 0.3) is 0 Å². The Labute approximate surface area is 107 Å². The Bertz CT molecular complexity index is 427. The van der Waals surface area contributed by atoms with Crippen molar-refractivity contribution in [1.29, 1.82) is 0 Å². The summed E-state index contributed by atoms with van der Waals surface area (Å²) in [5.74, 6) is 0.670. The fraction of sp³-hybridized carbons (Fsp3) is 0.500. The zero-order chi connectivity index (χ0) is 13.0. The number of anilines is 1. The van der Waals surface area contributed by atoms with Gasteiger partial charge in [0.2, 0.25) is 0 Å². The van der Waals surface area contributed by atoms with Crippen LogP contribution in [0.25, 0.3) is 0 Å². The van der Waals surface area contributed by atoms with E-state index in [1.165, 1.54) is 19.3 Å². The molecule has 1 saturated carbocycles. The highest BCUT2D eigenvalue weighted by Crippen LogP contribution is 2.33. The normalized spacial score (nSPS) is 14.3. The summed E-state index contributed by atoms with van der Waals surface area (Å²) in [6, 6.07) is 4.98. The average Bonchev–Trinajstić information content (AvgIpc) is 3.18. The summed E-state index contributed by atoms with van der Waals surface area (Å²) in [7, 11) is 1.58. The van der Waals surface area contributed by atoms with E-state index in [2.05, 4.69) is 5.32 Å². The number of hydrogen-bond donors (Lipinski definition) is 2. The summed E-state index contributed by atoms with van der Waals surface area (Å²) in [6.45, 7) is 0.809. The maximum absolute atomic E-state index is 11.1. The van der Waals surface area contributed by atoms with Gasteiger partial charge in [-0.1, -0.05) is 12.8 Å². The van der Waals surface area contributed by atoms with Crippen LogP contribution in [0.5, 0.6) is 5.75 Å². The van der Waals surface area contributed by atoms with Crippen LogP contribution in [0, 0.1) is 5.92 Å². The Morgan fingerprint density at radius 2 is 2.28 bits per heavy atom. The number of hydrogen-bond acceptors (Lipinski definition) is 3. The molecule has 0 aromatic heterocycles. The maximum atomic E-state index is 11.1. The number of carboxylic acid groups (broad SMARTS) is 1. The monoisotopic (exact) mass is 249 g/mol. The summed E-state index contributed by atoms with van der Waals surface area (Å²) >= 11 is 0. The molecular weight excluding hydrogens is 230 g/mol. The number of nitrogens with one attached hydrogen (secondary N) is 1. The number of aromatic carboxylic acids is 1. The van der Waals surface area contributed by atoms with Gasteiger partial charge in [0.1, 0.15) is 5.75 Å². The third-order valence-electron chi connectivity index (χ3n) is 3.26. The highest BCUT2D eigenvalue weighted by Gasteiger charge is 2.20. The standard InChI is InChI=1S/C14H19NO3/c1-18-11-6-7-12(14(16)17)13(9-11)15-8-2-3-10-4-5-10/h6-7,9-10,15H,2-5,8H2,1H3,(H,16,17). The summed E-state index contributed by atoms with van der Waals surface area (Å²) < 4.78 is 5.11. The summed E-state index contributed by atoms with van der Waals surface area (Å²) in [5.41, 5.74) is 0.930. The molecule has 2 N–H and O–H groups in total. The van der Waals surface area contributed by atoms with Crippen LogP contribution in [-0.2, 0) is 0 Å². The van der Waals surface area contributed by atoms with Crippen LogP contribution < -0.4 is 10.1 Å². The van der Waals surface area contributed by atoms with Gasteiger partial charge in [-0.15, -0.1) is 0 Å². The van der Waals surface area contributed by atoms with Gasteiger partial charge in [0.05, 0.1) is 18.4 Å². The maximum Gasteiger partial charge on any atom is 0.337 e. The van der Waals surface area contributed by atoms with Gasteiger partial charge >= 0.3 is 5.97 Å².